The van der Waals surface area contributed by atoms with Gasteiger partial charge in [0.05, 0.1) is 12.7 Å². The molecule has 18 heavy (non-hydrogen) atoms. The van der Waals surface area contributed by atoms with Gasteiger partial charge in [0.15, 0.2) is 0 Å². The summed E-state index contributed by atoms with van der Waals surface area (Å²) in [7, 11) is 0. The van der Waals surface area contributed by atoms with Crippen LogP contribution < -0.4 is 5.73 Å². The SMILES string of the molecule is NCc1cccc(CN2CCOC3CCCC32)c1. The van der Waals surface area contributed by atoms with Gasteiger partial charge in [-0.3, -0.25) is 4.90 Å². The van der Waals surface area contributed by atoms with E-state index in [4.69, 9.17) is 10.5 Å². The molecule has 3 heteroatoms. The molecule has 2 N–H and O–H groups in total. The van der Waals surface area contributed by atoms with Gasteiger partial charge in [0, 0.05) is 25.7 Å². The van der Waals surface area contributed by atoms with Gasteiger partial charge in [-0.15, -0.1) is 0 Å². The maximum Gasteiger partial charge on any atom is 0.0731 e. The van der Waals surface area contributed by atoms with E-state index in [0.717, 1.165) is 19.7 Å². The fraction of sp³-hybridized carbons (Fsp3) is 0.600. The number of benzene rings is 1. The smallest absolute Gasteiger partial charge is 0.0731 e. The topological polar surface area (TPSA) is 38.5 Å². The third kappa shape index (κ3) is 2.44. The number of ether oxygens (including phenoxy) is 1. The molecule has 3 rings (SSSR count). The maximum absolute atomic E-state index is 5.85. The van der Waals surface area contributed by atoms with E-state index < -0.39 is 0 Å². The van der Waals surface area contributed by atoms with Crippen LogP contribution in [0.3, 0.4) is 0 Å². The van der Waals surface area contributed by atoms with E-state index in [2.05, 4.69) is 29.2 Å². The van der Waals surface area contributed by atoms with Gasteiger partial charge >= 0.3 is 0 Å². The number of hydrogen-bond acceptors (Lipinski definition) is 3. The molecule has 2 aliphatic rings. The van der Waals surface area contributed by atoms with Crippen LogP contribution in [0.15, 0.2) is 24.3 Å². The van der Waals surface area contributed by atoms with Crippen molar-refractivity contribution in [2.45, 2.75) is 44.5 Å². The summed E-state index contributed by atoms with van der Waals surface area (Å²) in [6, 6.07) is 9.30. The quantitative estimate of drug-likeness (QED) is 0.885. The van der Waals surface area contributed by atoms with Crippen molar-refractivity contribution in [3.05, 3.63) is 35.4 Å². The zero-order valence-electron chi connectivity index (χ0n) is 10.8. The highest BCUT2D eigenvalue weighted by Crippen LogP contribution is 2.30. The van der Waals surface area contributed by atoms with Gasteiger partial charge in [-0.25, -0.2) is 0 Å². The third-order valence-electron chi connectivity index (χ3n) is 4.21. The van der Waals surface area contributed by atoms with Gasteiger partial charge in [-0.05, 0) is 30.4 Å². The molecule has 2 atom stereocenters. The van der Waals surface area contributed by atoms with Crippen LogP contribution in [0.25, 0.3) is 0 Å². The van der Waals surface area contributed by atoms with Crippen LogP contribution in [0, 0.1) is 0 Å². The average molecular weight is 246 g/mol. The summed E-state index contributed by atoms with van der Waals surface area (Å²) in [5, 5.41) is 0. The summed E-state index contributed by atoms with van der Waals surface area (Å²) in [5.74, 6) is 0. The first-order valence-electron chi connectivity index (χ1n) is 7.00. The van der Waals surface area contributed by atoms with Crippen molar-refractivity contribution < 1.29 is 4.74 Å². The number of fused-ring (bicyclic) bond motifs is 1. The second-order valence-corrected chi connectivity index (χ2v) is 5.40. The lowest BCUT2D eigenvalue weighted by atomic mass is 10.1. The minimum Gasteiger partial charge on any atom is -0.375 e. The minimum atomic E-state index is 0.483. The first kappa shape index (κ1) is 12.2. The van der Waals surface area contributed by atoms with Crippen LogP contribution in [0.1, 0.15) is 30.4 Å². The standard InChI is InChI=1S/C15H22N2O/c16-10-12-3-1-4-13(9-12)11-17-7-8-18-15-6-2-5-14(15)17/h1,3-4,9,14-15H,2,5-8,10-11,16H2. The summed E-state index contributed by atoms with van der Waals surface area (Å²) >= 11 is 0. The number of rotatable bonds is 3. The molecule has 1 heterocycles. The van der Waals surface area contributed by atoms with Crippen molar-refractivity contribution in [1.82, 2.24) is 4.90 Å². The predicted octanol–water partition coefficient (Wildman–Crippen LogP) is 1.90. The van der Waals surface area contributed by atoms with E-state index in [9.17, 15) is 0 Å². The Morgan fingerprint density at radius 3 is 3.06 bits per heavy atom. The highest BCUT2D eigenvalue weighted by Gasteiger charge is 2.35. The molecule has 1 saturated heterocycles. The van der Waals surface area contributed by atoms with E-state index >= 15 is 0 Å². The van der Waals surface area contributed by atoms with Crippen molar-refractivity contribution in [1.29, 1.82) is 0 Å². The van der Waals surface area contributed by atoms with Crippen molar-refractivity contribution in [2.24, 2.45) is 5.73 Å². The first-order valence-corrected chi connectivity index (χ1v) is 7.00. The van der Waals surface area contributed by atoms with E-state index in [1.54, 1.807) is 0 Å². The second-order valence-electron chi connectivity index (χ2n) is 5.40. The summed E-state index contributed by atoms with van der Waals surface area (Å²) in [4.78, 5) is 2.59. The minimum absolute atomic E-state index is 0.483. The lowest BCUT2D eigenvalue weighted by Gasteiger charge is -2.37. The molecule has 98 valence electrons. The largest absolute Gasteiger partial charge is 0.375 e. The van der Waals surface area contributed by atoms with E-state index in [1.165, 1.54) is 30.4 Å². The van der Waals surface area contributed by atoms with Crippen LogP contribution in [0.2, 0.25) is 0 Å². The Morgan fingerprint density at radius 1 is 1.28 bits per heavy atom. The molecule has 1 aliphatic carbocycles. The lowest BCUT2D eigenvalue weighted by molar-refractivity contribution is -0.0588. The summed E-state index contributed by atoms with van der Waals surface area (Å²) < 4.78 is 5.85. The van der Waals surface area contributed by atoms with E-state index in [0.29, 0.717) is 18.7 Å². The normalized spacial score (nSPS) is 28.3. The summed E-state index contributed by atoms with van der Waals surface area (Å²) in [6.07, 6.45) is 4.33. The van der Waals surface area contributed by atoms with Gasteiger partial charge < -0.3 is 10.5 Å². The van der Waals surface area contributed by atoms with Gasteiger partial charge in [-0.2, -0.15) is 0 Å². The fourth-order valence-corrected chi connectivity index (χ4v) is 3.29. The zero-order chi connectivity index (χ0) is 12.4. The van der Waals surface area contributed by atoms with Crippen LogP contribution in [0.5, 0.6) is 0 Å². The van der Waals surface area contributed by atoms with Crippen LogP contribution in [-0.2, 0) is 17.8 Å². The average Bonchev–Trinajstić information content (AvgIpc) is 2.88. The van der Waals surface area contributed by atoms with Crippen molar-refractivity contribution >= 4 is 0 Å². The third-order valence-corrected chi connectivity index (χ3v) is 4.21. The Labute approximate surface area is 109 Å². The molecular weight excluding hydrogens is 224 g/mol. The number of morpholine rings is 1. The van der Waals surface area contributed by atoms with Gasteiger partial charge in [0.2, 0.25) is 0 Å². The first-order chi connectivity index (χ1) is 8.86. The summed E-state index contributed by atoms with van der Waals surface area (Å²) in [5.41, 5.74) is 8.31. The number of nitrogens with zero attached hydrogens (tertiary/aromatic N) is 1. The molecule has 0 spiro atoms. The van der Waals surface area contributed by atoms with Gasteiger partial charge in [0.1, 0.15) is 0 Å². The fourth-order valence-electron chi connectivity index (χ4n) is 3.29. The molecule has 0 radical (unpaired) electrons. The van der Waals surface area contributed by atoms with E-state index in [-0.39, 0.29) is 0 Å². The number of nitrogens with two attached hydrogens (primary N) is 1. The highest BCUT2D eigenvalue weighted by molar-refractivity contribution is 5.23. The van der Waals surface area contributed by atoms with E-state index in [1.807, 2.05) is 0 Å². The second kappa shape index (κ2) is 5.39. The molecule has 2 fully saturated rings. The monoisotopic (exact) mass is 246 g/mol. The van der Waals surface area contributed by atoms with Crippen molar-refractivity contribution in [3.63, 3.8) is 0 Å². The molecule has 0 amide bonds. The Hall–Kier alpha value is -0.900. The molecule has 0 aromatic heterocycles. The van der Waals surface area contributed by atoms with Crippen molar-refractivity contribution in [2.75, 3.05) is 13.2 Å². The highest BCUT2D eigenvalue weighted by atomic mass is 16.5. The molecule has 1 aliphatic heterocycles. The molecule has 2 unspecified atom stereocenters. The van der Waals surface area contributed by atoms with Crippen LogP contribution in [-0.4, -0.2) is 30.2 Å². The number of hydrogen-bond donors (Lipinski definition) is 1. The maximum atomic E-state index is 5.85. The lowest BCUT2D eigenvalue weighted by Crippen LogP contribution is -2.47. The summed E-state index contributed by atoms with van der Waals surface area (Å²) in [6.45, 7) is 3.62. The van der Waals surface area contributed by atoms with Crippen LogP contribution >= 0.6 is 0 Å². The predicted molar refractivity (Wildman–Crippen MR) is 72.1 cm³/mol. The zero-order valence-corrected chi connectivity index (χ0v) is 10.8. The Bertz CT molecular complexity index is 407. The molecule has 1 saturated carbocycles. The molecule has 1 aromatic carbocycles. The van der Waals surface area contributed by atoms with Crippen molar-refractivity contribution in [3.8, 4) is 0 Å². The Balaban J connectivity index is 1.70. The Morgan fingerprint density at radius 2 is 2.17 bits per heavy atom. The molecule has 1 aromatic rings. The molecule has 3 nitrogen and oxygen atoms in total. The van der Waals surface area contributed by atoms with Gasteiger partial charge in [-0.1, -0.05) is 24.3 Å². The van der Waals surface area contributed by atoms with Gasteiger partial charge in [0.25, 0.3) is 0 Å². The molecule has 0 bridgehead atoms. The Kier molecular flexibility index (Phi) is 3.64. The molecular formula is C15H22N2O. The van der Waals surface area contributed by atoms with Crippen LogP contribution in [0.4, 0.5) is 0 Å².